The molecule has 3 aliphatic heterocycles. The number of hydrogen-bond donors (Lipinski definition) is 1. The number of nitrogens with one attached hydrogen (secondary N) is 1. The van der Waals surface area contributed by atoms with Crippen molar-refractivity contribution in [1.29, 1.82) is 0 Å². The summed E-state index contributed by atoms with van der Waals surface area (Å²) in [5.74, 6) is 1.04. The SMILES string of the molecule is CCS(=O)(=O)N1CCC2(CC1)OCCc1cc(OC[C@@H]3CCC(=O)N3)ccc12. The van der Waals surface area contributed by atoms with Crippen molar-refractivity contribution in [2.24, 2.45) is 0 Å². The number of piperidine rings is 1. The van der Waals surface area contributed by atoms with Crippen LogP contribution in [0.1, 0.15) is 43.7 Å². The minimum Gasteiger partial charge on any atom is -0.491 e. The number of ether oxygens (including phenoxy) is 2. The maximum Gasteiger partial charge on any atom is 0.220 e. The topological polar surface area (TPSA) is 84.9 Å². The molecule has 2 fully saturated rings. The molecule has 7 nitrogen and oxygen atoms in total. The van der Waals surface area contributed by atoms with Crippen molar-refractivity contribution >= 4 is 15.9 Å². The van der Waals surface area contributed by atoms with Crippen molar-refractivity contribution < 1.29 is 22.7 Å². The van der Waals surface area contributed by atoms with Crippen molar-refractivity contribution in [3.63, 3.8) is 0 Å². The summed E-state index contributed by atoms with van der Waals surface area (Å²) in [7, 11) is -3.15. The van der Waals surface area contributed by atoms with E-state index in [1.165, 1.54) is 5.56 Å². The fraction of sp³-hybridized carbons (Fsp3) is 0.650. The van der Waals surface area contributed by atoms with E-state index >= 15 is 0 Å². The van der Waals surface area contributed by atoms with E-state index in [4.69, 9.17) is 9.47 Å². The number of carbonyl (C=O) groups excluding carboxylic acids is 1. The number of benzene rings is 1. The molecule has 3 heterocycles. The minimum atomic E-state index is -3.15. The van der Waals surface area contributed by atoms with Crippen LogP contribution in [0.25, 0.3) is 0 Å². The molecular formula is C20H28N2O5S. The fourth-order valence-electron chi connectivity index (χ4n) is 4.47. The highest BCUT2D eigenvalue weighted by molar-refractivity contribution is 7.89. The normalized spacial score (nSPS) is 24.8. The van der Waals surface area contributed by atoms with E-state index in [0.29, 0.717) is 45.6 Å². The van der Waals surface area contributed by atoms with E-state index in [9.17, 15) is 13.2 Å². The number of amides is 1. The molecule has 28 heavy (non-hydrogen) atoms. The second-order valence-electron chi connectivity index (χ2n) is 7.83. The smallest absolute Gasteiger partial charge is 0.220 e. The Morgan fingerprint density at radius 3 is 2.75 bits per heavy atom. The summed E-state index contributed by atoms with van der Waals surface area (Å²) in [6.45, 7) is 3.79. The van der Waals surface area contributed by atoms with E-state index in [0.717, 1.165) is 24.2 Å². The van der Waals surface area contributed by atoms with Gasteiger partial charge in [0.25, 0.3) is 0 Å². The lowest BCUT2D eigenvalue weighted by atomic mass is 9.80. The summed E-state index contributed by atoms with van der Waals surface area (Å²) in [4.78, 5) is 11.3. The zero-order valence-electron chi connectivity index (χ0n) is 16.3. The Labute approximate surface area is 166 Å². The van der Waals surface area contributed by atoms with Crippen molar-refractivity contribution in [3.05, 3.63) is 29.3 Å². The minimum absolute atomic E-state index is 0.0862. The van der Waals surface area contributed by atoms with Gasteiger partial charge in [-0.3, -0.25) is 4.79 Å². The summed E-state index contributed by atoms with van der Waals surface area (Å²) in [6.07, 6.45) is 3.56. The monoisotopic (exact) mass is 408 g/mol. The molecule has 1 aromatic carbocycles. The van der Waals surface area contributed by atoms with Crippen LogP contribution in [-0.2, 0) is 31.6 Å². The standard InChI is InChI=1S/C20H28N2O5S/c1-2-28(24,25)22-10-8-20(9-11-22)18-5-4-17(13-15(18)7-12-27-20)26-14-16-3-6-19(23)21-16/h4-5,13,16H,2-3,6-12,14H2,1H3,(H,21,23)/t16-/m0/s1. The van der Waals surface area contributed by atoms with Crippen LogP contribution in [-0.4, -0.2) is 56.7 Å². The molecule has 1 aromatic rings. The van der Waals surface area contributed by atoms with Gasteiger partial charge < -0.3 is 14.8 Å². The lowest BCUT2D eigenvalue weighted by molar-refractivity contribution is -0.119. The predicted octanol–water partition coefficient (Wildman–Crippen LogP) is 1.56. The van der Waals surface area contributed by atoms with Gasteiger partial charge in [0.2, 0.25) is 15.9 Å². The highest BCUT2D eigenvalue weighted by Gasteiger charge is 2.42. The number of hydrogen-bond acceptors (Lipinski definition) is 5. The molecule has 154 valence electrons. The van der Waals surface area contributed by atoms with Crippen LogP contribution in [0.2, 0.25) is 0 Å². The lowest BCUT2D eigenvalue weighted by Gasteiger charge is -2.44. The molecule has 0 aromatic heterocycles. The number of rotatable bonds is 5. The Bertz CT molecular complexity index is 846. The maximum absolute atomic E-state index is 12.2. The molecule has 3 aliphatic rings. The van der Waals surface area contributed by atoms with E-state index in [-0.39, 0.29) is 17.7 Å². The van der Waals surface area contributed by atoms with Gasteiger partial charge >= 0.3 is 0 Å². The maximum atomic E-state index is 12.2. The van der Waals surface area contributed by atoms with Crippen LogP contribution in [0, 0.1) is 0 Å². The quantitative estimate of drug-likeness (QED) is 0.799. The first kappa shape index (κ1) is 19.7. The molecule has 8 heteroatoms. The molecule has 0 bridgehead atoms. The molecule has 1 N–H and O–H groups in total. The Kier molecular flexibility index (Phi) is 5.37. The predicted molar refractivity (Wildman–Crippen MR) is 105 cm³/mol. The Hall–Kier alpha value is -1.64. The average molecular weight is 409 g/mol. The van der Waals surface area contributed by atoms with Gasteiger partial charge in [-0.25, -0.2) is 12.7 Å². The molecule has 2 saturated heterocycles. The largest absolute Gasteiger partial charge is 0.491 e. The number of fused-ring (bicyclic) bond motifs is 2. The van der Waals surface area contributed by atoms with E-state index in [2.05, 4.69) is 17.4 Å². The van der Waals surface area contributed by atoms with Crippen LogP contribution < -0.4 is 10.1 Å². The van der Waals surface area contributed by atoms with Crippen molar-refractivity contribution in [1.82, 2.24) is 9.62 Å². The molecule has 1 atom stereocenters. The lowest BCUT2D eigenvalue weighted by Crippen LogP contribution is -2.48. The molecule has 0 radical (unpaired) electrons. The summed E-state index contributed by atoms with van der Waals surface area (Å²) >= 11 is 0. The summed E-state index contributed by atoms with van der Waals surface area (Å²) < 4.78 is 38.0. The van der Waals surface area contributed by atoms with E-state index < -0.39 is 15.6 Å². The third-order valence-corrected chi connectivity index (χ3v) is 8.02. The zero-order chi connectivity index (χ0) is 19.8. The van der Waals surface area contributed by atoms with Crippen molar-refractivity contribution in [2.75, 3.05) is 32.1 Å². The van der Waals surface area contributed by atoms with E-state index in [1.54, 1.807) is 11.2 Å². The highest BCUT2D eigenvalue weighted by Crippen LogP contribution is 2.42. The second kappa shape index (κ2) is 7.65. The fourth-order valence-corrected chi connectivity index (χ4v) is 5.57. The summed E-state index contributed by atoms with van der Waals surface area (Å²) in [5.41, 5.74) is 1.98. The van der Waals surface area contributed by atoms with Crippen molar-refractivity contribution in [3.8, 4) is 5.75 Å². The van der Waals surface area contributed by atoms with Gasteiger partial charge in [0.15, 0.2) is 0 Å². The van der Waals surface area contributed by atoms with Crippen LogP contribution in [0.15, 0.2) is 18.2 Å². The zero-order valence-corrected chi connectivity index (χ0v) is 17.1. The second-order valence-corrected chi connectivity index (χ2v) is 10.1. The molecule has 0 aliphatic carbocycles. The van der Waals surface area contributed by atoms with Gasteiger partial charge in [-0.15, -0.1) is 0 Å². The van der Waals surface area contributed by atoms with Gasteiger partial charge in [0.05, 0.1) is 24.0 Å². The first-order valence-corrected chi connectivity index (χ1v) is 11.7. The average Bonchev–Trinajstić information content (AvgIpc) is 3.12. The molecule has 0 unspecified atom stereocenters. The molecule has 1 amide bonds. The van der Waals surface area contributed by atoms with Crippen molar-refractivity contribution in [2.45, 2.75) is 50.7 Å². The van der Waals surface area contributed by atoms with Crippen LogP contribution in [0.5, 0.6) is 5.75 Å². The number of sulfonamides is 1. The van der Waals surface area contributed by atoms with Gasteiger partial charge in [0, 0.05) is 19.5 Å². The molecule has 1 spiro atoms. The van der Waals surface area contributed by atoms with Crippen LogP contribution >= 0.6 is 0 Å². The molecule has 0 saturated carbocycles. The summed E-state index contributed by atoms with van der Waals surface area (Å²) in [6, 6.07) is 6.19. The van der Waals surface area contributed by atoms with Crippen LogP contribution in [0.3, 0.4) is 0 Å². The number of nitrogens with zero attached hydrogens (tertiary/aromatic N) is 1. The summed E-state index contributed by atoms with van der Waals surface area (Å²) in [5, 5.41) is 2.92. The third kappa shape index (κ3) is 3.77. The first-order valence-electron chi connectivity index (χ1n) is 10.1. The molecule has 4 rings (SSSR count). The highest BCUT2D eigenvalue weighted by atomic mass is 32.2. The van der Waals surface area contributed by atoms with E-state index in [1.807, 2.05) is 6.07 Å². The Morgan fingerprint density at radius 2 is 2.07 bits per heavy atom. The van der Waals surface area contributed by atoms with Gasteiger partial charge in [-0.2, -0.15) is 0 Å². The van der Waals surface area contributed by atoms with Gasteiger partial charge in [-0.05, 0) is 55.9 Å². The Morgan fingerprint density at radius 1 is 1.29 bits per heavy atom. The molecular weight excluding hydrogens is 380 g/mol. The third-order valence-electron chi connectivity index (χ3n) is 6.14. The first-order chi connectivity index (χ1) is 13.4. The Balaban J connectivity index is 1.46. The number of carbonyl (C=O) groups is 1. The van der Waals surface area contributed by atoms with Gasteiger partial charge in [0.1, 0.15) is 12.4 Å². The van der Waals surface area contributed by atoms with Crippen LogP contribution in [0.4, 0.5) is 0 Å². The van der Waals surface area contributed by atoms with Gasteiger partial charge in [-0.1, -0.05) is 6.07 Å².